The molecule has 0 aliphatic carbocycles. The van der Waals surface area contributed by atoms with Crippen molar-refractivity contribution in [3.8, 4) is 11.5 Å². The Hall–Kier alpha value is -3.79. The van der Waals surface area contributed by atoms with Crippen molar-refractivity contribution >= 4 is 29.3 Å². The van der Waals surface area contributed by atoms with Gasteiger partial charge in [0.1, 0.15) is 5.76 Å². The molecule has 3 aromatic rings. The molecule has 10 heteroatoms. The van der Waals surface area contributed by atoms with Gasteiger partial charge in [0, 0.05) is 25.2 Å². The third-order valence-electron chi connectivity index (χ3n) is 6.94. The number of anilines is 1. The first-order chi connectivity index (χ1) is 19.3. The molecule has 2 aromatic heterocycles. The van der Waals surface area contributed by atoms with Crippen molar-refractivity contribution in [2.24, 2.45) is 4.99 Å². The lowest BCUT2D eigenvalue weighted by molar-refractivity contribution is -0.139. The number of esters is 1. The number of allylic oxidation sites excluding steroid dienone is 1. The van der Waals surface area contributed by atoms with E-state index < -0.39 is 12.0 Å². The molecule has 1 atom stereocenters. The van der Waals surface area contributed by atoms with E-state index in [9.17, 15) is 9.59 Å². The molecule has 1 saturated heterocycles. The van der Waals surface area contributed by atoms with E-state index in [1.807, 2.05) is 32.0 Å². The fourth-order valence-corrected chi connectivity index (χ4v) is 6.17. The number of fused-ring (bicyclic) bond motifs is 1. The number of thiazole rings is 1. The Labute approximate surface area is 237 Å². The van der Waals surface area contributed by atoms with Gasteiger partial charge in [-0.05, 0) is 70.7 Å². The zero-order valence-electron chi connectivity index (χ0n) is 23.6. The Balaban J connectivity index is 1.62. The zero-order valence-corrected chi connectivity index (χ0v) is 24.4. The number of aromatic nitrogens is 1. The Morgan fingerprint density at radius 1 is 1.18 bits per heavy atom. The van der Waals surface area contributed by atoms with Crippen LogP contribution in [0, 0.1) is 0 Å². The number of methoxy groups -OCH3 is 1. The molecule has 2 aliphatic heterocycles. The molecule has 0 spiro atoms. The van der Waals surface area contributed by atoms with E-state index in [0.717, 1.165) is 31.8 Å². The summed E-state index contributed by atoms with van der Waals surface area (Å²) in [7, 11) is 1.56. The number of furan rings is 1. The van der Waals surface area contributed by atoms with Crippen LogP contribution >= 0.6 is 11.3 Å². The van der Waals surface area contributed by atoms with Gasteiger partial charge in [-0.3, -0.25) is 9.36 Å². The number of nitrogens with zero attached hydrogens (tertiary/aromatic N) is 3. The highest BCUT2D eigenvalue weighted by molar-refractivity contribution is 7.07. The minimum Gasteiger partial charge on any atom is -0.493 e. The van der Waals surface area contributed by atoms with E-state index >= 15 is 0 Å². The van der Waals surface area contributed by atoms with Crippen LogP contribution in [-0.2, 0) is 9.53 Å². The van der Waals surface area contributed by atoms with Gasteiger partial charge in [0.25, 0.3) is 5.56 Å². The lowest BCUT2D eigenvalue weighted by atomic mass is 9.95. The number of carbonyl (C=O) groups excluding carboxylic acids is 1. The van der Waals surface area contributed by atoms with Crippen LogP contribution < -0.4 is 29.3 Å². The van der Waals surface area contributed by atoms with E-state index in [-0.39, 0.29) is 18.3 Å². The molecule has 4 heterocycles. The van der Waals surface area contributed by atoms with Crippen LogP contribution in [0.1, 0.15) is 64.3 Å². The van der Waals surface area contributed by atoms with Gasteiger partial charge < -0.3 is 23.5 Å². The van der Waals surface area contributed by atoms with E-state index in [0.29, 0.717) is 43.4 Å². The van der Waals surface area contributed by atoms with E-state index in [1.54, 1.807) is 43.7 Å². The Morgan fingerprint density at radius 3 is 2.65 bits per heavy atom. The van der Waals surface area contributed by atoms with Crippen LogP contribution in [0.5, 0.6) is 11.5 Å². The Bertz CT molecular complexity index is 1610. The van der Waals surface area contributed by atoms with Gasteiger partial charge in [-0.15, -0.1) is 0 Å². The van der Waals surface area contributed by atoms with Gasteiger partial charge >= 0.3 is 5.97 Å². The molecule has 0 N–H and O–H groups in total. The zero-order chi connectivity index (χ0) is 28.4. The smallest absolute Gasteiger partial charge is 0.338 e. The van der Waals surface area contributed by atoms with Gasteiger partial charge in [0.15, 0.2) is 22.2 Å². The van der Waals surface area contributed by atoms with Crippen molar-refractivity contribution in [1.29, 1.82) is 0 Å². The fourth-order valence-electron chi connectivity index (χ4n) is 5.15. The van der Waals surface area contributed by atoms with Crippen LogP contribution in [0.4, 0.5) is 5.88 Å². The molecule has 40 heavy (non-hydrogen) atoms. The third-order valence-corrected chi connectivity index (χ3v) is 7.92. The minimum absolute atomic E-state index is 0.0494. The maximum atomic E-state index is 13.9. The lowest BCUT2D eigenvalue weighted by Gasteiger charge is -2.25. The highest BCUT2D eigenvalue weighted by Gasteiger charge is 2.34. The molecule has 0 amide bonds. The average molecular weight is 566 g/mol. The Kier molecular flexibility index (Phi) is 8.16. The van der Waals surface area contributed by atoms with Crippen molar-refractivity contribution < 1.29 is 23.4 Å². The molecule has 5 rings (SSSR count). The first-order valence-electron chi connectivity index (χ1n) is 13.7. The summed E-state index contributed by atoms with van der Waals surface area (Å²) in [5, 5.41) is 0. The van der Waals surface area contributed by atoms with Crippen molar-refractivity contribution in [3.05, 3.63) is 72.6 Å². The molecule has 0 saturated carbocycles. The molecular weight excluding hydrogens is 530 g/mol. The van der Waals surface area contributed by atoms with Crippen molar-refractivity contribution in [1.82, 2.24) is 4.57 Å². The van der Waals surface area contributed by atoms with Crippen LogP contribution in [0.15, 0.2) is 55.8 Å². The minimum atomic E-state index is -0.750. The molecule has 212 valence electrons. The summed E-state index contributed by atoms with van der Waals surface area (Å²) in [5.74, 6) is 1.98. The predicted molar refractivity (Wildman–Crippen MR) is 154 cm³/mol. The molecule has 9 nitrogen and oxygen atoms in total. The standard InChI is InChI=1S/C30H35N3O6S/c1-6-37-29(35)26-19(4)31-30-33(27(26)20-10-12-22(38-18(2)3)23(16-20)36-5)28(34)24(40-30)17-21-11-13-25(39-21)32-14-8-7-9-15-32/h10-13,16-18,27H,6-9,14-15H2,1-5H3/b24-17-/t27-/m0/s1. The highest BCUT2D eigenvalue weighted by Crippen LogP contribution is 2.36. The van der Waals surface area contributed by atoms with Crippen LogP contribution in [0.2, 0.25) is 0 Å². The van der Waals surface area contributed by atoms with Gasteiger partial charge in [-0.2, -0.15) is 0 Å². The van der Waals surface area contributed by atoms with Gasteiger partial charge in [-0.1, -0.05) is 17.4 Å². The quantitative estimate of drug-likeness (QED) is 0.378. The molecule has 0 unspecified atom stereocenters. The first-order valence-corrected chi connectivity index (χ1v) is 14.5. The lowest BCUT2D eigenvalue weighted by Crippen LogP contribution is -2.40. The fraction of sp³-hybridized carbons (Fsp3) is 0.433. The summed E-state index contributed by atoms with van der Waals surface area (Å²) >= 11 is 1.26. The van der Waals surface area contributed by atoms with Crippen LogP contribution in [0.25, 0.3) is 6.08 Å². The second-order valence-electron chi connectivity index (χ2n) is 10.1. The summed E-state index contributed by atoms with van der Waals surface area (Å²) < 4.78 is 25.0. The maximum Gasteiger partial charge on any atom is 0.338 e. The number of benzene rings is 1. The topological polar surface area (TPSA) is 95.5 Å². The Morgan fingerprint density at radius 2 is 1.95 bits per heavy atom. The second kappa shape index (κ2) is 11.8. The first kappa shape index (κ1) is 27.8. The normalized spacial score (nSPS) is 17.6. The van der Waals surface area contributed by atoms with Crippen LogP contribution in [-0.4, -0.2) is 43.4 Å². The van der Waals surface area contributed by atoms with Gasteiger partial charge in [0.05, 0.1) is 41.7 Å². The summed E-state index contributed by atoms with van der Waals surface area (Å²) in [4.78, 5) is 34.5. The second-order valence-corrected chi connectivity index (χ2v) is 11.1. The number of carbonyl (C=O) groups is 1. The van der Waals surface area contributed by atoms with E-state index in [2.05, 4.69) is 9.89 Å². The maximum absolute atomic E-state index is 13.9. The van der Waals surface area contributed by atoms with Gasteiger partial charge in [0.2, 0.25) is 0 Å². The average Bonchev–Trinajstić information content (AvgIpc) is 3.53. The van der Waals surface area contributed by atoms with Gasteiger partial charge in [-0.25, -0.2) is 9.79 Å². The molecular formula is C30H35N3O6S. The number of hydrogen-bond donors (Lipinski definition) is 0. The number of ether oxygens (including phenoxy) is 3. The summed E-state index contributed by atoms with van der Waals surface area (Å²) in [5.41, 5.74) is 1.23. The van der Waals surface area contributed by atoms with Crippen LogP contribution in [0.3, 0.4) is 0 Å². The molecule has 2 aliphatic rings. The molecule has 0 radical (unpaired) electrons. The monoisotopic (exact) mass is 565 g/mol. The predicted octanol–water partition coefficient (Wildman–Crippen LogP) is 4.18. The largest absolute Gasteiger partial charge is 0.493 e. The third kappa shape index (κ3) is 5.45. The molecule has 1 aromatic carbocycles. The molecule has 0 bridgehead atoms. The van der Waals surface area contributed by atoms with Crippen molar-refractivity contribution in [3.63, 3.8) is 0 Å². The SMILES string of the molecule is CCOC(=O)C1=C(C)N=c2s/c(=C\c3ccc(N4CCCCC4)o3)c(=O)n2[C@H]1c1ccc(OC(C)C)c(OC)c1. The number of hydrogen-bond acceptors (Lipinski definition) is 9. The number of piperidine rings is 1. The summed E-state index contributed by atoms with van der Waals surface area (Å²) in [6, 6.07) is 8.53. The summed E-state index contributed by atoms with van der Waals surface area (Å²) in [6.07, 6.45) is 5.22. The van der Waals surface area contributed by atoms with Crippen molar-refractivity contribution in [2.45, 2.75) is 59.1 Å². The number of rotatable bonds is 8. The van der Waals surface area contributed by atoms with E-state index in [4.69, 9.17) is 18.6 Å². The van der Waals surface area contributed by atoms with E-state index in [1.165, 1.54) is 17.8 Å². The highest BCUT2D eigenvalue weighted by atomic mass is 32.1. The summed E-state index contributed by atoms with van der Waals surface area (Å²) in [6.45, 7) is 9.53. The molecule has 1 fully saturated rings. The van der Waals surface area contributed by atoms with Crippen molar-refractivity contribution in [2.75, 3.05) is 31.7 Å².